The largest absolute Gasteiger partial charge is 0.488 e. The molecule has 0 fully saturated rings. The van der Waals surface area contributed by atoms with E-state index in [1.54, 1.807) is 6.33 Å². The van der Waals surface area contributed by atoms with Crippen LogP contribution in [0.1, 0.15) is 12.2 Å². The van der Waals surface area contributed by atoms with Gasteiger partial charge in [-0.05, 0) is 30.7 Å². The number of carbonyl (C=O) groups excluding carboxylic acids is 1. The van der Waals surface area contributed by atoms with Gasteiger partial charge in [0.25, 0.3) is 0 Å². The zero-order chi connectivity index (χ0) is 16.4. The molecular weight excluding hydrogens is 327 g/mol. The maximum atomic E-state index is 12.4. The Kier molecular flexibility index (Phi) is 3.99. The third-order valence-electron chi connectivity index (χ3n) is 3.53. The van der Waals surface area contributed by atoms with Gasteiger partial charge < -0.3 is 14.1 Å². The first-order chi connectivity index (χ1) is 10.9. The molecule has 8 nitrogen and oxygen atoms in total. The van der Waals surface area contributed by atoms with Crippen LogP contribution in [0.5, 0.6) is 5.75 Å². The van der Waals surface area contributed by atoms with E-state index in [4.69, 9.17) is 0 Å². The summed E-state index contributed by atoms with van der Waals surface area (Å²) in [4.78, 5) is 12.3. The van der Waals surface area contributed by atoms with Gasteiger partial charge in [-0.25, -0.2) is 0 Å². The number of anilines is 1. The van der Waals surface area contributed by atoms with E-state index in [1.165, 1.54) is 24.3 Å². The molecule has 0 bridgehead atoms. The Bertz CT molecular complexity index is 819. The molecule has 23 heavy (non-hydrogen) atoms. The van der Waals surface area contributed by atoms with Crippen LogP contribution in [0.4, 0.5) is 9.57 Å². The second-order valence-corrected chi connectivity index (χ2v) is 6.07. The van der Waals surface area contributed by atoms with Crippen molar-refractivity contribution in [2.24, 2.45) is 5.92 Å². The Morgan fingerprint density at radius 3 is 2.78 bits per heavy atom. The number of rotatable bonds is 4. The number of carbonyl (C=O) groups is 1. The molecule has 1 atom stereocenters. The summed E-state index contributed by atoms with van der Waals surface area (Å²) in [7, 11) is -5.06. The molecule has 1 N–H and O–H groups in total. The maximum Gasteiger partial charge on any atom is 0.488 e. The second-order valence-electron chi connectivity index (χ2n) is 5.12. The number of benzene rings is 1. The van der Waals surface area contributed by atoms with Crippen LogP contribution in [0.25, 0.3) is 0 Å². The van der Waals surface area contributed by atoms with Gasteiger partial charge in [0.15, 0.2) is 0 Å². The van der Waals surface area contributed by atoms with Gasteiger partial charge in [-0.2, -0.15) is 8.42 Å². The number of nitrogens with zero attached hydrogens (tertiary/aromatic N) is 3. The van der Waals surface area contributed by atoms with Gasteiger partial charge in [0.05, 0.1) is 0 Å². The number of halogens is 1. The maximum absolute atomic E-state index is 12.4. The Labute approximate surface area is 131 Å². The fourth-order valence-corrected chi connectivity index (χ4v) is 2.76. The van der Waals surface area contributed by atoms with Gasteiger partial charge in [0.1, 0.15) is 17.9 Å². The van der Waals surface area contributed by atoms with E-state index in [-0.39, 0.29) is 17.6 Å². The van der Waals surface area contributed by atoms with E-state index in [1.807, 2.05) is 4.57 Å². The number of aryl methyl sites for hydroxylation is 1. The highest BCUT2D eigenvalue weighted by atomic mass is 32.3. The predicted molar refractivity (Wildman–Crippen MR) is 77.6 cm³/mol. The number of nitrogens with one attached hydrogen (secondary N) is 1. The van der Waals surface area contributed by atoms with Crippen LogP contribution in [-0.2, 0) is 28.3 Å². The molecule has 2 heterocycles. The molecule has 1 amide bonds. The van der Waals surface area contributed by atoms with Gasteiger partial charge in [0, 0.05) is 24.6 Å². The lowest BCUT2D eigenvalue weighted by molar-refractivity contribution is -0.120. The fraction of sp³-hybridized carbons (Fsp3) is 0.308. The highest BCUT2D eigenvalue weighted by molar-refractivity contribution is 7.81. The molecule has 1 aromatic heterocycles. The minimum Gasteiger partial charge on any atom is -0.358 e. The molecule has 0 spiro atoms. The monoisotopic (exact) mass is 340 g/mol. The zero-order valence-corrected chi connectivity index (χ0v) is 12.7. The molecule has 3 rings (SSSR count). The summed E-state index contributed by atoms with van der Waals surface area (Å²) in [6, 6.07) is 5.38. The quantitative estimate of drug-likeness (QED) is 0.835. The number of hydrogen-bond donors (Lipinski definition) is 1. The smallest absolute Gasteiger partial charge is 0.358 e. The van der Waals surface area contributed by atoms with Crippen molar-refractivity contribution >= 4 is 22.1 Å². The summed E-state index contributed by atoms with van der Waals surface area (Å²) in [5.74, 6) is 0.226. The third-order valence-corrected chi connectivity index (χ3v) is 3.92. The molecule has 0 aliphatic carbocycles. The summed E-state index contributed by atoms with van der Waals surface area (Å²) in [5, 5.41) is 10.5. The SMILES string of the molecule is O=C(Nc1ccc(OS(=O)(=O)F)cc1)C1CCn2cnnc2C1. The normalized spacial score (nSPS) is 17.3. The first-order valence-electron chi connectivity index (χ1n) is 6.82. The number of aromatic nitrogens is 3. The number of amides is 1. The Morgan fingerprint density at radius 2 is 2.09 bits per heavy atom. The molecular formula is C13H13FN4O4S. The topological polar surface area (TPSA) is 103 Å². The first-order valence-corrected chi connectivity index (χ1v) is 8.13. The third kappa shape index (κ3) is 3.83. The lowest BCUT2D eigenvalue weighted by atomic mass is 9.97. The Balaban J connectivity index is 1.62. The standard InChI is InChI=1S/C13H13FN4O4S/c14-23(20,21)22-11-3-1-10(2-4-11)16-13(19)9-5-6-18-8-15-17-12(18)7-9/h1-4,8-9H,5-7H2,(H,16,19). The molecule has 1 aliphatic rings. The van der Waals surface area contributed by atoms with Gasteiger partial charge in [-0.15, -0.1) is 10.2 Å². The van der Waals surface area contributed by atoms with E-state index < -0.39 is 10.5 Å². The zero-order valence-electron chi connectivity index (χ0n) is 11.8. The van der Waals surface area contributed by atoms with Crippen molar-refractivity contribution in [2.45, 2.75) is 19.4 Å². The van der Waals surface area contributed by atoms with Crippen molar-refractivity contribution in [3.8, 4) is 5.75 Å². The first kappa shape index (κ1) is 15.4. The lowest BCUT2D eigenvalue weighted by Gasteiger charge is -2.21. The van der Waals surface area contributed by atoms with Gasteiger partial charge in [0.2, 0.25) is 5.91 Å². The van der Waals surface area contributed by atoms with E-state index >= 15 is 0 Å². The average molecular weight is 340 g/mol. The van der Waals surface area contributed by atoms with Crippen LogP contribution in [0, 0.1) is 5.92 Å². The predicted octanol–water partition coefficient (Wildman–Crippen LogP) is 1.07. The van der Waals surface area contributed by atoms with Crippen molar-refractivity contribution in [1.29, 1.82) is 0 Å². The van der Waals surface area contributed by atoms with Crippen LogP contribution in [0.3, 0.4) is 0 Å². The summed E-state index contributed by atoms with van der Waals surface area (Å²) in [5.41, 5.74) is 0.464. The van der Waals surface area contributed by atoms with Crippen LogP contribution >= 0.6 is 0 Å². The van der Waals surface area contributed by atoms with E-state index in [0.29, 0.717) is 25.1 Å². The fourth-order valence-electron chi connectivity index (χ4n) is 2.42. The highest BCUT2D eigenvalue weighted by Crippen LogP contribution is 2.22. The molecule has 0 radical (unpaired) electrons. The van der Waals surface area contributed by atoms with Gasteiger partial charge in [-0.1, -0.05) is 3.89 Å². The van der Waals surface area contributed by atoms with Crippen LogP contribution in [0.2, 0.25) is 0 Å². The van der Waals surface area contributed by atoms with Crippen LogP contribution in [0.15, 0.2) is 30.6 Å². The van der Waals surface area contributed by atoms with Gasteiger partial charge >= 0.3 is 10.5 Å². The van der Waals surface area contributed by atoms with Crippen molar-refractivity contribution < 1.29 is 21.3 Å². The van der Waals surface area contributed by atoms with Crippen LogP contribution < -0.4 is 9.50 Å². The summed E-state index contributed by atoms with van der Waals surface area (Å²) < 4.78 is 39.1. The molecule has 1 unspecified atom stereocenters. The van der Waals surface area contributed by atoms with E-state index in [0.717, 1.165) is 5.82 Å². The average Bonchev–Trinajstić information content (AvgIpc) is 2.95. The number of fused-ring (bicyclic) bond motifs is 1. The minimum absolute atomic E-state index is 0.161. The number of hydrogen-bond acceptors (Lipinski definition) is 6. The van der Waals surface area contributed by atoms with Crippen molar-refractivity contribution in [1.82, 2.24) is 14.8 Å². The molecule has 2 aromatic rings. The Morgan fingerprint density at radius 1 is 1.35 bits per heavy atom. The van der Waals surface area contributed by atoms with E-state index in [9.17, 15) is 17.1 Å². The summed E-state index contributed by atoms with van der Waals surface area (Å²) in [6.45, 7) is 0.682. The lowest BCUT2D eigenvalue weighted by Crippen LogP contribution is -2.30. The van der Waals surface area contributed by atoms with Crippen LogP contribution in [-0.4, -0.2) is 29.1 Å². The summed E-state index contributed by atoms with van der Waals surface area (Å²) >= 11 is 0. The van der Waals surface area contributed by atoms with Crippen molar-refractivity contribution in [3.63, 3.8) is 0 Å². The molecule has 10 heteroatoms. The van der Waals surface area contributed by atoms with Gasteiger partial charge in [-0.3, -0.25) is 4.79 Å². The van der Waals surface area contributed by atoms with Crippen molar-refractivity contribution in [2.75, 3.05) is 5.32 Å². The molecule has 1 aromatic carbocycles. The minimum atomic E-state index is -5.06. The Hall–Kier alpha value is -2.49. The highest BCUT2D eigenvalue weighted by Gasteiger charge is 2.25. The molecule has 122 valence electrons. The molecule has 0 saturated carbocycles. The second kappa shape index (κ2) is 5.95. The van der Waals surface area contributed by atoms with E-state index in [2.05, 4.69) is 19.7 Å². The van der Waals surface area contributed by atoms with Crippen molar-refractivity contribution in [3.05, 3.63) is 36.4 Å². The summed E-state index contributed by atoms with van der Waals surface area (Å²) in [6.07, 6.45) is 2.83. The molecule has 1 aliphatic heterocycles. The molecule has 0 saturated heterocycles.